The predicted octanol–water partition coefficient (Wildman–Crippen LogP) is 2.00. The molecular weight excluding hydrogens is 230 g/mol. The summed E-state index contributed by atoms with van der Waals surface area (Å²) < 4.78 is 5.12. The van der Waals surface area contributed by atoms with Crippen LogP contribution in [0.25, 0.3) is 11.5 Å². The Morgan fingerprint density at radius 3 is 2.83 bits per heavy atom. The van der Waals surface area contributed by atoms with Crippen LogP contribution in [0.3, 0.4) is 0 Å². The lowest BCUT2D eigenvalue weighted by molar-refractivity contribution is 0.116. The second-order valence-electron chi connectivity index (χ2n) is 4.75. The van der Waals surface area contributed by atoms with Gasteiger partial charge in [-0.05, 0) is 30.5 Å². The van der Waals surface area contributed by atoms with Crippen molar-refractivity contribution in [1.82, 2.24) is 15.1 Å². The largest absolute Gasteiger partial charge is 0.392 e. The molecule has 96 valence electrons. The van der Waals surface area contributed by atoms with Crippen LogP contribution in [0.15, 0.2) is 22.9 Å². The monoisotopic (exact) mass is 247 g/mol. The van der Waals surface area contributed by atoms with Gasteiger partial charge in [-0.2, -0.15) is 4.98 Å². The van der Waals surface area contributed by atoms with E-state index in [1.54, 1.807) is 6.20 Å². The number of rotatable bonds is 4. The average Bonchev–Trinajstić information content (AvgIpc) is 2.77. The summed E-state index contributed by atoms with van der Waals surface area (Å²) >= 11 is 0. The van der Waals surface area contributed by atoms with E-state index in [-0.39, 0.29) is 5.92 Å². The van der Waals surface area contributed by atoms with Gasteiger partial charge in [-0.15, -0.1) is 0 Å². The molecule has 0 aromatic carbocycles. The molecule has 1 atom stereocenters. The van der Waals surface area contributed by atoms with Crippen LogP contribution in [0.2, 0.25) is 0 Å². The first kappa shape index (κ1) is 12.7. The molecule has 2 aromatic heterocycles. The number of aryl methyl sites for hydroxylation is 1. The normalized spacial score (nSPS) is 12.9. The van der Waals surface area contributed by atoms with E-state index in [1.807, 2.05) is 32.9 Å². The molecule has 0 radical (unpaired) electrons. The van der Waals surface area contributed by atoms with Gasteiger partial charge in [-0.3, -0.25) is 4.98 Å². The fraction of sp³-hybridized carbons (Fsp3) is 0.462. The van der Waals surface area contributed by atoms with E-state index in [1.165, 1.54) is 0 Å². The van der Waals surface area contributed by atoms with E-state index >= 15 is 0 Å². The third-order valence-electron chi connectivity index (χ3n) is 2.77. The molecule has 0 saturated carbocycles. The highest BCUT2D eigenvalue weighted by Gasteiger charge is 2.16. The first-order valence-electron chi connectivity index (χ1n) is 6.00. The van der Waals surface area contributed by atoms with Crippen molar-refractivity contribution in [3.63, 3.8) is 0 Å². The van der Waals surface area contributed by atoms with Gasteiger partial charge in [-0.25, -0.2) is 0 Å². The maximum Gasteiger partial charge on any atom is 0.229 e. The van der Waals surface area contributed by atoms with Gasteiger partial charge in [0.25, 0.3) is 0 Å². The molecular formula is C13H17N3O2. The minimum absolute atomic E-state index is 0.164. The van der Waals surface area contributed by atoms with E-state index in [9.17, 15) is 5.11 Å². The molecule has 0 bridgehead atoms. The smallest absolute Gasteiger partial charge is 0.229 e. The van der Waals surface area contributed by atoms with Crippen molar-refractivity contribution in [1.29, 1.82) is 0 Å². The van der Waals surface area contributed by atoms with Crippen molar-refractivity contribution in [3.8, 4) is 11.5 Å². The Morgan fingerprint density at radius 2 is 2.17 bits per heavy atom. The molecule has 5 nitrogen and oxygen atoms in total. The van der Waals surface area contributed by atoms with Gasteiger partial charge in [-0.1, -0.05) is 19.0 Å². The lowest BCUT2D eigenvalue weighted by atomic mass is 10.0. The molecule has 0 aliphatic heterocycles. The minimum atomic E-state index is -0.469. The summed E-state index contributed by atoms with van der Waals surface area (Å²) in [5.74, 6) is 1.07. The van der Waals surface area contributed by atoms with Gasteiger partial charge in [0, 0.05) is 6.20 Å². The molecule has 0 spiro atoms. The Morgan fingerprint density at radius 1 is 1.39 bits per heavy atom. The van der Waals surface area contributed by atoms with E-state index < -0.39 is 6.10 Å². The molecule has 1 unspecified atom stereocenters. The molecule has 0 saturated heterocycles. The SMILES string of the molecule is Cc1ccnc(-c2noc(CC(O)C(C)C)n2)c1. The zero-order valence-electron chi connectivity index (χ0n) is 10.8. The number of aromatic nitrogens is 3. The molecule has 0 aliphatic carbocycles. The Balaban J connectivity index is 2.15. The number of hydrogen-bond acceptors (Lipinski definition) is 5. The van der Waals surface area contributed by atoms with Crippen LogP contribution in [-0.2, 0) is 6.42 Å². The van der Waals surface area contributed by atoms with Crippen molar-refractivity contribution in [2.24, 2.45) is 5.92 Å². The summed E-state index contributed by atoms with van der Waals surface area (Å²) in [6, 6.07) is 3.81. The molecule has 2 aromatic rings. The van der Waals surface area contributed by atoms with Crippen molar-refractivity contribution < 1.29 is 9.63 Å². The van der Waals surface area contributed by atoms with Crippen molar-refractivity contribution >= 4 is 0 Å². The maximum atomic E-state index is 9.76. The fourth-order valence-corrected chi connectivity index (χ4v) is 1.51. The molecule has 1 N–H and O–H groups in total. The second-order valence-corrected chi connectivity index (χ2v) is 4.75. The Kier molecular flexibility index (Phi) is 3.72. The lowest BCUT2D eigenvalue weighted by Gasteiger charge is -2.10. The van der Waals surface area contributed by atoms with E-state index in [0.29, 0.717) is 23.8 Å². The molecule has 2 heterocycles. The molecule has 0 amide bonds. The van der Waals surface area contributed by atoms with Crippen LogP contribution in [0, 0.1) is 12.8 Å². The van der Waals surface area contributed by atoms with E-state index in [0.717, 1.165) is 5.56 Å². The van der Waals surface area contributed by atoms with Crippen LogP contribution >= 0.6 is 0 Å². The zero-order valence-corrected chi connectivity index (χ0v) is 10.8. The van der Waals surface area contributed by atoms with Crippen molar-refractivity contribution in [3.05, 3.63) is 29.8 Å². The summed E-state index contributed by atoms with van der Waals surface area (Å²) in [5.41, 5.74) is 1.78. The summed E-state index contributed by atoms with van der Waals surface area (Å²) in [4.78, 5) is 8.43. The molecule has 0 fully saturated rings. The highest BCUT2D eigenvalue weighted by atomic mass is 16.5. The topological polar surface area (TPSA) is 72.0 Å². The van der Waals surface area contributed by atoms with Gasteiger partial charge in [0.1, 0.15) is 5.69 Å². The second kappa shape index (κ2) is 5.27. The van der Waals surface area contributed by atoms with Crippen LogP contribution in [0.4, 0.5) is 0 Å². The van der Waals surface area contributed by atoms with Gasteiger partial charge in [0.2, 0.25) is 11.7 Å². The van der Waals surface area contributed by atoms with E-state index in [4.69, 9.17) is 4.52 Å². The number of hydrogen-bond donors (Lipinski definition) is 1. The van der Waals surface area contributed by atoms with Crippen LogP contribution in [0.5, 0.6) is 0 Å². The first-order chi connectivity index (χ1) is 8.56. The Bertz CT molecular complexity index is 522. The third-order valence-corrected chi connectivity index (χ3v) is 2.77. The predicted molar refractivity (Wildman–Crippen MR) is 66.8 cm³/mol. The maximum absolute atomic E-state index is 9.76. The number of pyridine rings is 1. The van der Waals surface area contributed by atoms with Crippen molar-refractivity contribution in [2.75, 3.05) is 0 Å². The summed E-state index contributed by atoms with van der Waals surface area (Å²) in [6.07, 6.45) is 1.61. The quantitative estimate of drug-likeness (QED) is 0.894. The lowest BCUT2D eigenvalue weighted by Crippen LogP contribution is -2.17. The molecule has 2 rings (SSSR count). The number of nitrogens with zero attached hydrogens (tertiary/aromatic N) is 3. The molecule has 5 heteroatoms. The van der Waals surface area contributed by atoms with E-state index in [2.05, 4.69) is 15.1 Å². The summed E-state index contributed by atoms with van der Waals surface area (Å²) in [7, 11) is 0. The fourth-order valence-electron chi connectivity index (χ4n) is 1.51. The minimum Gasteiger partial charge on any atom is -0.392 e. The van der Waals surface area contributed by atoms with Crippen LogP contribution in [-0.4, -0.2) is 26.3 Å². The Hall–Kier alpha value is -1.75. The summed E-state index contributed by atoms with van der Waals surface area (Å²) in [5, 5.41) is 13.6. The standard InChI is InChI=1S/C13H17N3O2/c1-8(2)11(17)7-12-15-13(16-18-12)10-6-9(3)4-5-14-10/h4-6,8,11,17H,7H2,1-3H3. The van der Waals surface area contributed by atoms with Crippen LogP contribution in [0.1, 0.15) is 25.3 Å². The van der Waals surface area contributed by atoms with Crippen LogP contribution < -0.4 is 0 Å². The van der Waals surface area contributed by atoms with Gasteiger partial charge >= 0.3 is 0 Å². The van der Waals surface area contributed by atoms with Gasteiger partial charge < -0.3 is 9.63 Å². The van der Waals surface area contributed by atoms with Gasteiger partial charge in [0.05, 0.1) is 12.5 Å². The van der Waals surface area contributed by atoms with Gasteiger partial charge in [0.15, 0.2) is 0 Å². The number of aliphatic hydroxyl groups excluding tert-OH is 1. The number of aliphatic hydroxyl groups is 1. The highest BCUT2D eigenvalue weighted by Crippen LogP contribution is 2.15. The third kappa shape index (κ3) is 2.92. The zero-order chi connectivity index (χ0) is 13.1. The Labute approximate surface area is 106 Å². The summed E-state index contributed by atoms with van der Waals surface area (Å²) in [6.45, 7) is 5.88. The average molecular weight is 247 g/mol. The highest BCUT2D eigenvalue weighted by molar-refractivity contribution is 5.48. The first-order valence-corrected chi connectivity index (χ1v) is 6.00. The van der Waals surface area contributed by atoms with Crippen molar-refractivity contribution in [2.45, 2.75) is 33.3 Å². The molecule has 0 aliphatic rings. The molecule has 18 heavy (non-hydrogen) atoms.